The summed E-state index contributed by atoms with van der Waals surface area (Å²) in [5, 5.41) is 5.89. The molecular formula is C19H20BrN3O2. The maximum atomic E-state index is 12.4. The number of nitrogens with one attached hydrogen (secondary N) is 2. The Kier molecular flexibility index (Phi) is 5.71. The molecule has 0 aliphatic carbocycles. The van der Waals surface area contributed by atoms with Gasteiger partial charge >= 0.3 is 0 Å². The third kappa shape index (κ3) is 4.82. The molecule has 2 aromatic rings. The van der Waals surface area contributed by atoms with Crippen molar-refractivity contribution >= 4 is 39.1 Å². The Morgan fingerprint density at radius 2 is 1.72 bits per heavy atom. The largest absolute Gasteiger partial charge is 0.376 e. The molecule has 2 amide bonds. The molecular weight excluding hydrogens is 382 g/mol. The lowest BCUT2D eigenvalue weighted by atomic mass is 10.1. The SMILES string of the molecule is O=C(CNc1cccc(C(=O)N2CCCC2)c1)Nc1ccc(Br)cc1. The van der Waals surface area contributed by atoms with E-state index < -0.39 is 0 Å². The van der Waals surface area contributed by atoms with E-state index in [1.807, 2.05) is 47.4 Å². The van der Waals surface area contributed by atoms with Gasteiger partial charge in [-0.15, -0.1) is 0 Å². The lowest BCUT2D eigenvalue weighted by Gasteiger charge is -2.16. The molecule has 25 heavy (non-hydrogen) atoms. The molecule has 130 valence electrons. The fourth-order valence-electron chi connectivity index (χ4n) is 2.79. The van der Waals surface area contributed by atoms with Gasteiger partial charge in [0.25, 0.3) is 5.91 Å². The highest BCUT2D eigenvalue weighted by Gasteiger charge is 2.19. The highest BCUT2D eigenvalue weighted by molar-refractivity contribution is 9.10. The molecule has 0 atom stereocenters. The maximum absolute atomic E-state index is 12.4. The van der Waals surface area contributed by atoms with Gasteiger partial charge < -0.3 is 15.5 Å². The predicted octanol–water partition coefficient (Wildman–Crippen LogP) is 3.74. The molecule has 5 nitrogen and oxygen atoms in total. The average molecular weight is 402 g/mol. The van der Waals surface area contributed by atoms with Crippen LogP contribution in [-0.2, 0) is 4.79 Å². The Labute approximate surface area is 155 Å². The standard InChI is InChI=1S/C19H20BrN3O2/c20-15-6-8-16(9-7-15)22-18(24)13-21-17-5-3-4-14(12-17)19(25)23-10-1-2-11-23/h3-9,12,21H,1-2,10-11,13H2,(H,22,24). The number of halogens is 1. The summed E-state index contributed by atoms with van der Waals surface area (Å²) < 4.78 is 0.961. The molecule has 1 heterocycles. The molecule has 1 aliphatic heterocycles. The molecule has 0 bridgehead atoms. The molecule has 0 radical (unpaired) electrons. The van der Waals surface area contributed by atoms with Crippen molar-refractivity contribution < 1.29 is 9.59 Å². The first kappa shape index (κ1) is 17.5. The van der Waals surface area contributed by atoms with Crippen molar-refractivity contribution in [2.75, 3.05) is 30.3 Å². The van der Waals surface area contributed by atoms with Gasteiger partial charge in [0.1, 0.15) is 0 Å². The zero-order valence-corrected chi connectivity index (χ0v) is 15.4. The maximum Gasteiger partial charge on any atom is 0.253 e. The summed E-state index contributed by atoms with van der Waals surface area (Å²) >= 11 is 3.36. The van der Waals surface area contributed by atoms with Crippen LogP contribution >= 0.6 is 15.9 Å². The lowest BCUT2D eigenvalue weighted by molar-refractivity contribution is -0.114. The second kappa shape index (κ2) is 8.16. The first-order valence-electron chi connectivity index (χ1n) is 8.30. The van der Waals surface area contributed by atoms with Crippen molar-refractivity contribution in [3.05, 3.63) is 58.6 Å². The number of rotatable bonds is 5. The minimum atomic E-state index is -0.140. The van der Waals surface area contributed by atoms with E-state index in [0.717, 1.165) is 41.8 Å². The van der Waals surface area contributed by atoms with Crippen molar-refractivity contribution in [3.63, 3.8) is 0 Å². The molecule has 0 aromatic heterocycles. The monoisotopic (exact) mass is 401 g/mol. The van der Waals surface area contributed by atoms with Gasteiger partial charge in [-0.05, 0) is 55.3 Å². The minimum absolute atomic E-state index is 0.0560. The van der Waals surface area contributed by atoms with Crippen LogP contribution < -0.4 is 10.6 Å². The molecule has 0 saturated carbocycles. The minimum Gasteiger partial charge on any atom is -0.376 e. The number of hydrogen-bond acceptors (Lipinski definition) is 3. The van der Waals surface area contributed by atoms with E-state index >= 15 is 0 Å². The van der Waals surface area contributed by atoms with Crippen LogP contribution in [0, 0.1) is 0 Å². The summed E-state index contributed by atoms with van der Waals surface area (Å²) in [6.45, 7) is 1.79. The quantitative estimate of drug-likeness (QED) is 0.801. The number of benzene rings is 2. The molecule has 2 aromatic carbocycles. The van der Waals surface area contributed by atoms with Crippen molar-refractivity contribution in [3.8, 4) is 0 Å². The van der Waals surface area contributed by atoms with E-state index in [2.05, 4.69) is 26.6 Å². The molecule has 6 heteroatoms. The summed E-state index contributed by atoms with van der Waals surface area (Å²) in [6, 6.07) is 14.7. The fourth-order valence-corrected chi connectivity index (χ4v) is 3.05. The van der Waals surface area contributed by atoms with Crippen molar-refractivity contribution in [2.24, 2.45) is 0 Å². The third-order valence-electron chi connectivity index (χ3n) is 4.08. The highest BCUT2D eigenvalue weighted by atomic mass is 79.9. The first-order chi connectivity index (χ1) is 12.1. The molecule has 3 rings (SSSR count). The Bertz CT molecular complexity index is 756. The molecule has 2 N–H and O–H groups in total. The number of nitrogens with zero attached hydrogens (tertiary/aromatic N) is 1. The Hall–Kier alpha value is -2.34. The third-order valence-corrected chi connectivity index (χ3v) is 4.61. The number of hydrogen-bond donors (Lipinski definition) is 2. The average Bonchev–Trinajstić information content (AvgIpc) is 3.16. The Balaban J connectivity index is 1.55. The zero-order chi connectivity index (χ0) is 17.6. The van der Waals surface area contributed by atoms with Crippen LogP contribution in [0.1, 0.15) is 23.2 Å². The van der Waals surface area contributed by atoms with Gasteiger partial charge in [-0.3, -0.25) is 9.59 Å². The molecule has 0 unspecified atom stereocenters. The number of carbonyl (C=O) groups is 2. The first-order valence-corrected chi connectivity index (χ1v) is 9.10. The number of anilines is 2. The summed E-state index contributed by atoms with van der Waals surface area (Å²) in [5.41, 5.74) is 2.16. The van der Waals surface area contributed by atoms with Gasteiger partial charge in [-0.1, -0.05) is 22.0 Å². The Morgan fingerprint density at radius 3 is 2.44 bits per heavy atom. The molecule has 1 saturated heterocycles. The van der Waals surface area contributed by atoms with Crippen LogP contribution in [0.5, 0.6) is 0 Å². The van der Waals surface area contributed by atoms with Gasteiger partial charge in [-0.2, -0.15) is 0 Å². The van der Waals surface area contributed by atoms with Crippen LogP contribution in [0.4, 0.5) is 11.4 Å². The number of carbonyl (C=O) groups excluding carboxylic acids is 2. The molecule has 1 fully saturated rings. The van der Waals surface area contributed by atoms with Gasteiger partial charge in [0.2, 0.25) is 5.91 Å². The Morgan fingerprint density at radius 1 is 1.00 bits per heavy atom. The van der Waals surface area contributed by atoms with Gasteiger partial charge in [-0.25, -0.2) is 0 Å². The smallest absolute Gasteiger partial charge is 0.253 e. The fraction of sp³-hybridized carbons (Fsp3) is 0.263. The zero-order valence-electron chi connectivity index (χ0n) is 13.8. The summed E-state index contributed by atoms with van der Waals surface area (Å²) in [5.74, 6) is -0.0842. The van der Waals surface area contributed by atoms with Gasteiger partial charge in [0.05, 0.1) is 6.54 Å². The second-order valence-corrected chi connectivity index (χ2v) is 6.90. The van der Waals surface area contributed by atoms with Crippen molar-refractivity contribution in [2.45, 2.75) is 12.8 Å². The summed E-state index contributed by atoms with van der Waals surface area (Å²) in [4.78, 5) is 26.3. The van der Waals surface area contributed by atoms with Crippen molar-refractivity contribution in [1.82, 2.24) is 4.90 Å². The summed E-state index contributed by atoms with van der Waals surface area (Å²) in [6.07, 6.45) is 2.14. The number of amides is 2. The van der Waals surface area contributed by atoms with Crippen LogP contribution in [0.25, 0.3) is 0 Å². The van der Waals surface area contributed by atoms with Crippen LogP contribution in [-0.4, -0.2) is 36.3 Å². The summed E-state index contributed by atoms with van der Waals surface area (Å²) in [7, 11) is 0. The van der Waals surface area contributed by atoms with Crippen molar-refractivity contribution in [1.29, 1.82) is 0 Å². The normalized spacial score (nSPS) is 13.6. The van der Waals surface area contributed by atoms with E-state index in [4.69, 9.17) is 0 Å². The second-order valence-electron chi connectivity index (χ2n) is 5.99. The predicted molar refractivity (Wildman–Crippen MR) is 103 cm³/mol. The topological polar surface area (TPSA) is 61.4 Å². The van der Waals surface area contributed by atoms with Gasteiger partial charge in [0.15, 0.2) is 0 Å². The van der Waals surface area contributed by atoms with E-state index in [1.54, 1.807) is 6.07 Å². The van der Waals surface area contributed by atoms with E-state index in [9.17, 15) is 9.59 Å². The van der Waals surface area contributed by atoms with Gasteiger partial charge in [0, 0.05) is 34.5 Å². The van der Waals surface area contributed by atoms with Crippen LogP contribution in [0.15, 0.2) is 53.0 Å². The lowest BCUT2D eigenvalue weighted by Crippen LogP contribution is -2.27. The number of likely N-dealkylation sites (tertiary alicyclic amines) is 1. The highest BCUT2D eigenvalue weighted by Crippen LogP contribution is 2.17. The van der Waals surface area contributed by atoms with E-state index in [-0.39, 0.29) is 18.4 Å². The van der Waals surface area contributed by atoms with E-state index in [1.165, 1.54) is 0 Å². The molecule has 1 aliphatic rings. The van der Waals surface area contributed by atoms with Crippen LogP contribution in [0.3, 0.4) is 0 Å². The molecule has 0 spiro atoms. The van der Waals surface area contributed by atoms with E-state index in [0.29, 0.717) is 5.56 Å². The van der Waals surface area contributed by atoms with Crippen LogP contribution in [0.2, 0.25) is 0 Å².